The number of nitrogens with one attached hydrogen (secondary N) is 2. The number of aryl methyl sites for hydroxylation is 3. The van der Waals surface area contributed by atoms with E-state index in [1.807, 2.05) is 42.9 Å². The molecule has 0 fully saturated rings. The lowest BCUT2D eigenvalue weighted by atomic mass is 10.00. The Labute approximate surface area is 206 Å². The number of hydrogen-bond donors (Lipinski definition) is 2. The first kappa shape index (κ1) is 25.0. The Bertz CT molecular complexity index is 1610. The van der Waals surface area contributed by atoms with Gasteiger partial charge in [-0.05, 0) is 67.4 Å². The fourth-order valence-corrected chi connectivity index (χ4v) is 4.66. The molecule has 186 valence electrons. The Morgan fingerprint density at radius 1 is 1.03 bits per heavy atom. The molecule has 11 heteroatoms. The van der Waals surface area contributed by atoms with Crippen LogP contribution in [0.5, 0.6) is 5.75 Å². The standard InChI is InChI=1S/C25H23FN4O5S/c1-15-12-17(23-20-6-4-5-7-21(20)25(32)30(3)28-23)13-16(2)24(15)35-14-22(31)27-29-36(33,34)19-10-8-18(26)9-11-19/h4-13,29H,14H2,1-3H3,(H,27,31). The second kappa shape index (κ2) is 9.88. The number of benzene rings is 3. The average Bonchev–Trinajstić information content (AvgIpc) is 2.84. The fraction of sp³-hybridized carbons (Fsp3) is 0.160. The molecule has 0 spiro atoms. The molecule has 0 aliphatic carbocycles. The number of halogens is 1. The summed E-state index contributed by atoms with van der Waals surface area (Å²) in [4.78, 5) is 26.4. The first-order valence-corrected chi connectivity index (χ1v) is 12.3. The second-order valence-electron chi connectivity index (χ2n) is 8.16. The molecule has 0 bridgehead atoms. The van der Waals surface area contributed by atoms with Crippen LogP contribution in [-0.2, 0) is 21.9 Å². The van der Waals surface area contributed by atoms with E-state index in [4.69, 9.17) is 4.74 Å². The van der Waals surface area contributed by atoms with E-state index in [1.165, 1.54) is 4.68 Å². The van der Waals surface area contributed by atoms with E-state index in [1.54, 1.807) is 19.2 Å². The minimum absolute atomic E-state index is 0.191. The molecular weight excluding hydrogens is 487 g/mol. The highest BCUT2D eigenvalue weighted by Crippen LogP contribution is 2.32. The molecule has 0 saturated heterocycles. The summed E-state index contributed by atoms with van der Waals surface area (Å²) in [6.07, 6.45) is 0. The molecule has 0 atom stereocenters. The van der Waals surface area contributed by atoms with Crippen LogP contribution in [0.15, 0.2) is 70.4 Å². The summed E-state index contributed by atoms with van der Waals surface area (Å²) in [5, 5.41) is 5.73. The minimum Gasteiger partial charge on any atom is -0.483 e. The van der Waals surface area contributed by atoms with E-state index < -0.39 is 28.4 Å². The van der Waals surface area contributed by atoms with Crippen LogP contribution in [-0.4, -0.2) is 30.7 Å². The average molecular weight is 511 g/mol. The highest BCUT2D eigenvalue weighted by atomic mass is 32.2. The van der Waals surface area contributed by atoms with E-state index in [9.17, 15) is 22.4 Å². The van der Waals surface area contributed by atoms with Crippen LogP contribution in [0.25, 0.3) is 22.0 Å². The third-order valence-electron chi connectivity index (χ3n) is 5.49. The molecule has 1 amide bonds. The summed E-state index contributed by atoms with van der Waals surface area (Å²) in [5.74, 6) is -0.845. The van der Waals surface area contributed by atoms with Crippen molar-refractivity contribution >= 4 is 26.7 Å². The number of carbonyl (C=O) groups is 1. The predicted molar refractivity (Wildman–Crippen MR) is 132 cm³/mol. The Morgan fingerprint density at radius 2 is 1.64 bits per heavy atom. The largest absolute Gasteiger partial charge is 0.483 e. The van der Waals surface area contributed by atoms with Crippen molar-refractivity contribution in [1.82, 2.24) is 20.0 Å². The van der Waals surface area contributed by atoms with Gasteiger partial charge in [0.05, 0.1) is 16.0 Å². The molecule has 0 radical (unpaired) electrons. The summed E-state index contributed by atoms with van der Waals surface area (Å²) >= 11 is 0. The van der Waals surface area contributed by atoms with Crippen molar-refractivity contribution in [3.05, 3.63) is 88.0 Å². The number of hydrogen-bond acceptors (Lipinski definition) is 6. The van der Waals surface area contributed by atoms with E-state index >= 15 is 0 Å². The molecule has 0 unspecified atom stereocenters. The first-order chi connectivity index (χ1) is 17.1. The summed E-state index contributed by atoms with van der Waals surface area (Å²) in [5.41, 5.74) is 4.75. The Hall–Kier alpha value is -4.09. The maximum absolute atomic E-state index is 13.0. The lowest BCUT2D eigenvalue weighted by Crippen LogP contribution is -2.43. The van der Waals surface area contributed by atoms with Crippen molar-refractivity contribution in [3.8, 4) is 17.0 Å². The summed E-state index contributed by atoms with van der Waals surface area (Å²) in [7, 11) is -2.47. The van der Waals surface area contributed by atoms with Crippen molar-refractivity contribution in [3.63, 3.8) is 0 Å². The van der Waals surface area contributed by atoms with E-state index in [0.717, 1.165) is 46.3 Å². The lowest BCUT2D eigenvalue weighted by Gasteiger charge is -2.15. The SMILES string of the molecule is Cc1cc(-c2nn(C)c(=O)c3ccccc23)cc(C)c1OCC(=O)NNS(=O)(=O)c1ccc(F)cc1. The number of fused-ring (bicyclic) bond motifs is 1. The molecule has 1 aromatic heterocycles. The molecule has 4 rings (SSSR count). The van der Waals surface area contributed by atoms with Gasteiger partial charge in [0.25, 0.3) is 21.5 Å². The predicted octanol–water partition coefficient (Wildman–Crippen LogP) is 2.74. The number of sulfonamides is 1. The topological polar surface area (TPSA) is 119 Å². The van der Waals surface area contributed by atoms with Gasteiger partial charge in [-0.1, -0.05) is 18.2 Å². The van der Waals surface area contributed by atoms with Crippen molar-refractivity contribution in [1.29, 1.82) is 0 Å². The van der Waals surface area contributed by atoms with Crippen LogP contribution in [0.2, 0.25) is 0 Å². The number of aromatic nitrogens is 2. The maximum Gasteiger partial charge on any atom is 0.274 e. The van der Waals surface area contributed by atoms with Crippen molar-refractivity contribution in [2.24, 2.45) is 7.05 Å². The van der Waals surface area contributed by atoms with Crippen LogP contribution in [0.1, 0.15) is 11.1 Å². The van der Waals surface area contributed by atoms with Gasteiger partial charge in [-0.15, -0.1) is 4.83 Å². The normalized spacial score (nSPS) is 11.4. The van der Waals surface area contributed by atoms with Gasteiger partial charge in [0.15, 0.2) is 6.61 Å². The molecule has 0 aliphatic rings. The maximum atomic E-state index is 13.0. The van der Waals surface area contributed by atoms with E-state index in [-0.39, 0.29) is 10.5 Å². The molecule has 0 aliphatic heterocycles. The number of amides is 1. The molecule has 2 N–H and O–H groups in total. The van der Waals surface area contributed by atoms with Gasteiger partial charge in [-0.25, -0.2) is 17.5 Å². The van der Waals surface area contributed by atoms with Crippen LogP contribution in [0, 0.1) is 19.7 Å². The molecule has 36 heavy (non-hydrogen) atoms. The van der Waals surface area contributed by atoms with Crippen LogP contribution in [0.4, 0.5) is 4.39 Å². The van der Waals surface area contributed by atoms with Crippen molar-refractivity contribution in [2.75, 3.05) is 6.61 Å². The van der Waals surface area contributed by atoms with Gasteiger partial charge in [0.2, 0.25) is 0 Å². The summed E-state index contributed by atoms with van der Waals surface area (Å²) < 4.78 is 44.4. The summed E-state index contributed by atoms with van der Waals surface area (Å²) in [6.45, 7) is 3.17. The third kappa shape index (κ3) is 5.11. The Morgan fingerprint density at radius 3 is 2.28 bits per heavy atom. The van der Waals surface area contributed by atoms with Gasteiger partial charge in [-0.3, -0.25) is 15.0 Å². The zero-order valence-corrected chi connectivity index (χ0v) is 20.5. The minimum atomic E-state index is -4.07. The highest BCUT2D eigenvalue weighted by molar-refractivity contribution is 7.89. The zero-order valence-electron chi connectivity index (χ0n) is 19.7. The quantitative estimate of drug-likeness (QED) is 0.369. The molecule has 4 aromatic rings. The Kier molecular flexibility index (Phi) is 6.86. The molecule has 1 heterocycles. The smallest absolute Gasteiger partial charge is 0.274 e. The number of nitrogens with zero attached hydrogens (tertiary/aromatic N) is 2. The van der Waals surface area contributed by atoms with Crippen LogP contribution >= 0.6 is 0 Å². The second-order valence-corrected chi connectivity index (χ2v) is 9.84. The van der Waals surface area contributed by atoms with Crippen molar-refractivity contribution < 1.29 is 22.3 Å². The fourth-order valence-electron chi connectivity index (χ4n) is 3.80. The van der Waals surface area contributed by atoms with E-state index in [2.05, 4.69) is 10.5 Å². The number of hydrazine groups is 1. The van der Waals surface area contributed by atoms with Crippen molar-refractivity contribution in [2.45, 2.75) is 18.7 Å². The van der Waals surface area contributed by atoms with Gasteiger partial charge in [0, 0.05) is 18.0 Å². The summed E-state index contributed by atoms with van der Waals surface area (Å²) in [6, 6.07) is 15.1. The lowest BCUT2D eigenvalue weighted by molar-refractivity contribution is -0.123. The van der Waals surface area contributed by atoms with Gasteiger partial charge in [0.1, 0.15) is 11.6 Å². The van der Waals surface area contributed by atoms with Gasteiger partial charge < -0.3 is 4.74 Å². The monoisotopic (exact) mass is 510 g/mol. The molecule has 3 aromatic carbocycles. The number of ether oxygens (including phenoxy) is 1. The van der Waals surface area contributed by atoms with E-state index in [0.29, 0.717) is 16.8 Å². The number of carbonyl (C=O) groups excluding carboxylic acids is 1. The molecular formula is C25H23FN4O5S. The zero-order chi connectivity index (χ0) is 26.0. The molecule has 0 saturated carbocycles. The highest BCUT2D eigenvalue weighted by Gasteiger charge is 2.17. The Balaban J connectivity index is 1.49. The van der Waals surface area contributed by atoms with Crippen LogP contribution < -0.4 is 20.6 Å². The third-order valence-corrected chi connectivity index (χ3v) is 6.75. The first-order valence-electron chi connectivity index (χ1n) is 10.8. The number of rotatable bonds is 7. The van der Waals surface area contributed by atoms with Gasteiger partial charge >= 0.3 is 0 Å². The molecule has 9 nitrogen and oxygen atoms in total. The van der Waals surface area contributed by atoms with Gasteiger partial charge in [-0.2, -0.15) is 5.10 Å². The van der Waals surface area contributed by atoms with Crippen LogP contribution in [0.3, 0.4) is 0 Å².